The van der Waals surface area contributed by atoms with Crippen molar-refractivity contribution < 1.29 is 9.47 Å². The monoisotopic (exact) mass is 517 g/mol. The van der Waals surface area contributed by atoms with E-state index in [1.54, 1.807) is 0 Å². The zero-order valence-corrected chi connectivity index (χ0v) is 21.4. The quantitative estimate of drug-likeness (QED) is 0.246. The van der Waals surface area contributed by atoms with Gasteiger partial charge in [-0.25, -0.2) is 0 Å². The summed E-state index contributed by atoms with van der Waals surface area (Å²) < 4.78 is 14.9. The normalized spacial score (nSPS) is 15.1. The van der Waals surface area contributed by atoms with E-state index in [9.17, 15) is 0 Å². The summed E-state index contributed by atoms with van der Waals surface area (Å²) in [5, 5.41) is 13.2. The molecule has 1 aromatic heterocycles. The molecule has 5 heteroatoms. The molecule has 5 aromatic carbocycles. The molecular weight excluding hydrogens is 494 g/mol. The lowest BCUT2D eigenvalue weighted by Crippen LogP contribution is -2.18. The van der Waals surface area contributed by atoms with Gasteiger partial charge in [-0.05, 0) is 53.2 Å². The van der Waals surface area contributed by atoms with E-state index in [0.29, 0.717) is 28.7 Å². The molecule has 0 unspecified atom stereocenters. The SMILES string of the molecule is N=C1C=CC=C/C1=C(/Nn1c2cc3ccccc3cc2c2ccc3c(c21)Oc1ccccc1O3)c1ccccc1. The van der Waals surface area contributed by atoms with Crippen LogP contribution in [0.15, 0.2) is 133 Å². The first-order valence-corrected chi connectivity index (χ1v) is 13.2. The number of hydrogen-bond acceptors (Lipinski definition) is 4. The molecule has 0 bridgehead atoms. The van der Waals surface area contributed by atoms with Gasteiger partial charge in [0.25, 0.3) is 0 Å². The van der Waals surface area contributed by atoms with E-state index in [2.05, 4.69) is 64.7 Å². The van der Waals surface area contributed by atoms with Crippen LogP contribution in [-0.2, 0) is 0 Å². The Kier molecular flexibility index (Phi) is 4.91. The summed E-state index contributed by atoms with van der Waals surface area (Å²) in [6.45, 7) is 0. The molecule has 0 atom stereocenters. The van der Waals surface area contributed by atoms with E-state index in [1.807, 2.05) is 72.8 Å². The molecule has 1 aliphatic carbocycles. The Morgan fingerprint density at radius 3 is 2.15 bits per heavy atom. The van der Waals surface area contributed by atoms with Crippen LogP contribution in [0.1, 0.15) is 5.56 Å². The van der Waals surface area contributed by atoms with Crippen molar-refractivity contribution in [2.45, 2.75) is 0 Å². The van der Waals surface area contributed by atoms with Crippen molar-refractivity contribution in [3.05, 3.63) is 139 Å². The van der Waals surface area contributed by atoms with Crippen molar-refractivity contribution in [1.82, 2.24) is 4.68 Å². The molecule has 2 aliphatic rings. The highest BCUT2D eigenvalue weighted by molar-refractivity contribution is 6.17. The summed E-state index contributed by atoms with van der Waals surface area (Å²) in [4.78, 5) is 0. The molecule has 2 heterocycles. The molecule has 1 aliphatic heterocycles. The van der Waals surface area contributed by atoms with Gasteiger partial charge >= 0.3 is 0 Å². The first-order chi connectivity index (χ1) is 19.7. The second-order valence-corrected chi connectivity index (χ2v) is 9.89. The zero-order valence-electron chi connectivity index (χ0n) is 21.4. The predicted octanol–water partition coefficient (Wildman–Crippen LogP) is 8.95. The number of benzene rings is 5. The van der Waals surface area contributed by atoms with Gasteiger partial charge in [-0.1, -0.05) is 85.0 Å². The Morgan fingerprint density at radius 1 is 0.650 bits per heavy atom. The van der Waals surface area contributed by atoms with E-state index < -0.39 is 0 Å². The second kappa shape index (κ2) is 8.75. The third-order valence-electron chi connectivity index (χ3n) is 7.48. The molecule has 2 N–H and O–H groups in total. The van der Waals surface area contributed by atoms with Gasteiger partial charge < -0.3 is 14.9 Å². The molecule has 0 radical (unpaired) electrons. The fourth-order valence-electron chi connectivity index (χ4n) is 5.58. The van der Waals surface area contributed by atoms with Crippen LogP contribution in [0.3, 0.4) is 0 Å². The number of rotatable bonds is 3. The van der Waals surface area contributed by atoms with Gasteiger partial charge in [-0.3, -0.25) is 10.1 Å². The summed E-state index contributed by atoms with van der Waals surface area (Å²) in [6, 6.07) is 34.8. The van der Waals surface area contributed by atoms with Gasteiger partial charge in [0, 0.05) is 21.9 Å². The van der Waals surface area contributed by atoms with Gasteiger partial charge in [-0.2, -0.15) is 0 Å². The van der Waals surface area contributed by atoms with Gasteiger partial charge in [0.2, 0.25) is 0 Å². The van der Waals surface area contributed by atoms with Crippen molar-refractivity contribution in [3.63, 3.8) is 0 Å². The molecule has 8 rings (SSSR count). The Morgan fingerprint density at radius 2 is 1.35 bits per heavy atom. The summed E-state index contributed by atoms with van der Waals surface area (Å²) >= 11 is 0. The minimum atomic E-state index is 0.440. The van der Waals surface area contributed by atoms with Gasteiger partial charge in [0.05, 0.1) is 16.9 Å². The number of allylic oxidation sites excluding steroid dienone is 5. The minimum absolute atomic E-state index is 0.440. The maximum atomic E-state index is 8.73. The number of fused-ring (bicyclic) bond motifs is 7. The molecule has 6 aromatic rings. The maximum absolute atomic E-state index is 8.73. The van der Waals surface area contributed by atoms with Crippen molar-refractivity contribution in [2.24, 2.45) is 0 Å². The lowest BCUT2D eigenvalue weighted by atomic mass is 9.99. The molecule has 0 saturated carbocycles. The predicted molar refractivity (Wildman–Crippen MR) is 162 cm³/mol. The molecule has 190 valence electrons. The molecular formula is C35H23N3O2. The Bertz CT molecular complexity index is 2100. The van der Waals surface area contributed by atoms with Crippen molar-refractivity contribution in [2.75, 3.05) is 5.43 Å². The number of ether oxygens (including phenoxy) is 2. The number of nitrogens with one attached hydrogen (secondary N) is 2. The van der Waals surface area contributed by atoms with Crippen LogP contribution in [-0.4, -0.2) is 10.4 Å². The standard InChI is InChI=1S/C35H23N3O2/c36-28-15-7-6-14-26(28)33(22-10-2-1-3-11-22)37-38-29-21-24-13-5-4-12-23(24)20-27(29)25-18-19-32-35(34(25)38)40-31-17-9-8-16-30(31)39-32/h1-21,36-37H/b33-26-,36-28?. The average Bonchev–Trinajstić information content (AvgIpc) is 3.31. The summed E-state index contributed by atoms with van der Waals surface area (Å²) in [5.74, 6) is 2.67. The third kappa shape index (κ3) is 3.45. The Hall–Kier alpha value is -5.55. The molecule has 0 saturated heterocycles. The highest BCUT2D eigenvalue weighted by Crippen LogP contribution is 2.50. The highest BCUT2D eigenvalue weighted by Gasteiger charge is 2.26. The van der Waals surface area contributed by atoms with E-state index >= 15 is 0 Å². The number of aromatic nitrogens is 1. The van der Waals surface area contributed by atoms with Crippen LogP contribution in [0.25, 0.3) is 38.3 Å². The molecule has 0 spiro atoms. The van der Waals surface area contributed by atoms with Crippen LogP contribution in [0, 0.1) is 5.41 Å². The van der Waals surface area contributed by atoms with E-state index in [0.717, 1.165) is 49.4 Å². The van der Waals surface area contributed by atoms with Crippen LogP contribution >= 0.6 is 0 Å². The van der Waals surface area contributed by atoms with Gasteiger partial charge in [0.1, 0.15) is 5.52 Å². The number of hydrogen-bond donors (Lipinski definition) is 2. The number of nitrogens with zero attached hydrogens (tertiary/aromatic N) is 1. The summed E-state index contributed by atoms with van der Waals surface area (Å²) in [7, 11) is 0. The smallest absolute Gasteiger partial charge is 0.196 e. The van der Waals surface area contributed by atoms with Crippen LogP contribution in [0.2, 0.25) is 0 Å². The van der Waals surface area contributed by atoms with E-state index in [4.69, 9.17) is 14.9 Å². The lowest BCUT2D eigenvalue weighted by molar-refractivity contribution is 0.362. The Labute approximate surface area is 230 Å². The average molecular weight is 518 g/mol. The first kappa shape index (κ1) is 22.4. The molecule has 5 nitrogen and oxygen atoms in total. The van der Waals surface area contributed by atoms with E-state index in [1.165, 1.54) is 0 Å². The molecule has 40 heavy (non-hydrogen) atoms. The fraction of sp³-hybridized carbons (Fsp3) is 0. The fourth-order valence-corrected chi connectivity index (χ4v) is 5.58. The molecule has 0 fully saturated rings. The van der Waals surface area contributed by atoms with Crippen LogP contribution in [0.5, 0.6) is 23.0 Å². The Balaban J connectivity index is 1.45. The van der Waals surface area contributed by atoms with E-state index in [-0.39, 0.29) is 0 Å². The van der Waals surface area contributed by atoms with Crippen molar-refractivity contribution in [3.8, 4) is 23.0 Å². The molecule has 0 amide bonds. The first-order valence-electron chi connectivity index (χ1n) is 13.2. The van der Waals surface area contributed by atoms with Gasteiger partial charge in [-0.15, -0.1) is 0 Å². The third-order valence-corrected chi connectivity index (χ3v) is 7.48. The second-order valence-electron chi connectivity index (χ2n) is 9.89. The summed E-state index contributed by atoms with van der Waals surface area (Å²) in [5.41, 5.74) is 8.65. The van der Waals surface area contributed by atoms with Crippen LogP contribution in [0.4, 0.5) is 0 Å². The zero-order chi connectivity index (χ0) is 26.6. The largest absolute Gasteiger partial charge is 0.449 e. The van der Waals surface area contributed by atoms with Crippen molar-refractivity contribution >= 4 is 44.0 Å². The van der Waals surface area contributed by atoms with Gasteiger partial charge in [0.15, 0.2) is 23.0 Å². The lowest BCUT2D eigenvalue weighted by Gasteiger charge is -2.23. The summed E-state index contributed by atoms with van der Waals surface area (Å²) in [6.07, 6.45) is 7.65. The maximum Gasteiger partial charge on any atom is 0.196 e. The number of para-hydroxylation sites is 2. The topological polar surface area (TPSA) is 59.3 Å². The highest BCUT2D eigenvalue weighted by atomic mass is 16.6. The van der Waals surface area contributed by atoms with Crippen LogP contribution < -0.4 is 14.9 Å². The van der Waals surface area contributed by atoms with Crippen molar-refractivity contribution in [1.29, 1.82) is 5.41 Å². The minimum Gasteiger partial charge on any atom is -0.449 e.